The Balaban J connectivity index is 2.30. The summed E-state index contributed by atoms with van der Waals surface area (Å²) in [5.41, 5.74) is 0.792. The van der Waals surface area contributed by atoms with Crippen molar-refractivity contribution in [3.63, 3.8) is 0 Å². The van der Waals surface area contributed by atoms with E-state index in [0.29, 0.717) is 12.0 Å². The molecule has 0 aliphatic rings. The van der Waals surface area contributed by atoms with Gasteiger partial charge in [0.15, 0.2) is 5.82 Å². The van der Waals surface area contributed by atoms with Crippen molar-refractivity contribution >= 4 is 11.5 Å². The molecule has 2 unspecified atom stereocenters. The predicted octanol–water partition coefficient (Wildman–Crippen LogP) is 2.28. The number of anilines is 1. The van der Waals surface area contributed by atoms with Crippen LogP contribution in [0.4, 0.5) is 5.82 Å². The van der Waals surface area contributed by atoms with Crippen LogP contribution in [-0.2, 0) is 0 Å². The highest BCUT2D eigenvalue weighted by atomic mass is 15.3. The average molecular weight is 233 g/mol. The normalized spacial score (nSPS) is 14.8. The lowest BCUT2D eigenvalue weighted by Crippen LogP contribution is -2.24. The van der Waals surface area contributed by atoms with Crippen molar-refractivity contribution in [2.45, 2.75) is 40.2 Å². The van der Waals surface area contributed by atoms with Gasteiger partial charge in [-0.15, -0.1) is 10.2 Å². The lowest BCUT2D eigenvalue weighted by Gasteiger charge is -2.20. The van der Waals surface area contributed by atoms with Crippen LogP contribution in [0, 0.1) is 12.8 Å². The molecule has 5 heteroatoms. The van der Waals surface area contributed by atoms with E-state index in [2.05, 4.69) is 41.3 Å². The van der Waals surface area contributed by atoms with E-state index in [9.17, 15) is 0 Å². The molecule has 0 aromatic carbocycles. The van der Waals surface area contributed by atoms with Gasteiger partial charge >= 0.3 is 0 Å². The van der Waals surface area contributed by atoms with Crippen LogP contribution in [0.5, 0.6) is 0 Å². The zero-order valence-electron chi connectivity index (χ0n) is 10.8. The fourth-order valence-electron chi connectivity index (χ4n) is 1.75. The van der Waals surface area contributed by atoms with Gasteiger partial charge in [0.1, 0.15) is 5.82 Å². The van der Waals surface area contributed by atoms with E-state index in [4.69, 9.17) is 0 Å². The van der Waals surface area contributed by atoms with Gasteiger partial charge in [-0.2, -0.15) is 0 Å². The number of nitrogens with one attached hydrogen (secondary N) is 1. The van der Waals surface area contributed by atoms with Gasteiger partial charge in [-0.25, -0.2) is 4.98 Å². The van der Waals surface area contributed by atoms with Gasteiger partial charge in [-0.1, -0.05) is 20.3 Å². The average Bonchev–Trinajstić information content (AvgIpc) is 2.71. The topological polar surface area (TPSA) is 55.1 Å². The number of fused-ring (bicyclic) bond motifs is 1. The molecule has 2 aromatic heterocycles. The van der Waals surface area contributed by atoms with E-state index < -0.39 is 0 Å². The third-order valence-electron chi connectivity index (χ3n) is 3.36. The van der Waals surface area contributed by atoms with Crippen LogP contribution >= 0.6 is 0 Å². The standard InChI is InChI=1S/C12H19N5/c1-5-8(2)9(3)14-11-12-16-15-10(4)17(12)7-6-13-11/h6-9H,5H2,1-4H3,(H,13,14). The second-order valence-corrected chi connectivity index (χ2v) is 4.54. The molecule has 2 heterocycles. The van der Waals surface area contributed by atoms with Gasteiger partial charge in [-0.3, -0.25) is 4.40 Å². The summed E-state index contributed by atoms with van der Waals surface area (Å²) in [5, 5.41) is 11.6. The minimum atomic E-state index is 0.371. The molecule has 1 N–H and O–H groups in total. The first kappa shape index (κ1) is 11.8. The highest BCUT2D eigenvalue weighted by Gasteiger charge is 2.13. The van der Waals surface area contributed by atoms with E-state index in [1.54, 1.807) is 6.20 Å². The molecule has 0 fully saturated rings. The molecule has 92 valence electrons. The predicted molar refractivity (Wildman–Crippen MR) is 68.1 cm³/mol. The molecular weight excluding hydrogens is 214 g/mol. The number of aromatic nitrogens is 4. The highest BCUT2D eigenvalue weighted by Crippen LogP contribution is 2.16. The second kappa shape index (κ2) is 4.69. The third-order valence-corrected chi connectivity index (χ3v) is 3.36. The Morgan fingerprint density at radius 2 is 2.12 bits per heavy atom. The number of aryl methyl sites for hydroxylation is 1. The first-order valence-corrected chi connectivity index (χ1v) is 6.06. The minimum Gasteiger partial charge on any atom is -0.364 e. The zero-order valence-corrected chi connectivity index (χ0v) is 10.8. The van der Waals surface area contributed by atoms with Crippen LogP contribution in [0.2, 0.25) is 0 Å². The van der Waals surface area contributed by atoms with E-state index in [0.717, 1.165) is 23.7 Å². The van der Waals surface area contributed by atoms with E-state index in [1.165, 1.54) is 0 Å². The van der Waals surface area contributed by atoms with Crippen molar-refractivity contribution in [2.24, 2.45) is 5.92 Å². The van der Waals surface area contributed by atoms with Gasteiger partial charge < -0.3 is 5.32 Å². The van der Waals surface area contributed by atoms with Crippen molar-refractivity contribution in [1.82, 2.24) is 19.6 Å². The minimum absolute atomic E-state index is 0.371. The maximum absolute atomic E-state index is 4.34. The van der Waals surface area contributed by atoms with Crippen LogP contribution in [0.1, 0.15) is 33.0 Å². The maximum Gasteiger partial charge on any atom is 0.203 e. The molecule has 0 amide bonds. The van der Waals surface area contributed by atoms with E-state index in [1.807, 2.05) is 17.5 Å². The molecule has 0 aliphatic carbocycles. The Bertz CT molecular complexity index is 505. The zero-order chi connectivity index (χ0) is 12.4. The summed E-state index contributed by atoms with van der Waals surface area (Å²) >= 11 is 0. The monoisotopic (exact) mass is 233 g/mol. The van der Waals surface area contributed by atoms with Crippen molar-refractivity contribution in [3.8, 4) is 0 Å². The molecule has 0 saturated carbocycles. The summed E-state index contributed by atoms with van der Waals surface area (Å²) in [6.45, 7) is 8.52. The van der Waals surface area contributed by atoms with Crippen LogP contribution in [0.3, 0.4) is 0 Å². The second-order valence-electron chi connectivity index (χ2n) is 4.54. The van der Waals surface area contributed by atoms with Crippen LogP contribution in [-0.4, -0.2) is 25.6 Å². The Kier molecular flexibility index (Phi) is 3.26. The Hall–Kier alpha value is -1.65. The molecular formula is C12H19N5. The molecule has 5 nitrogen and oxygen atoms in total. The molecule has 0 bridgehead atoms. The number of hydrogen-bond donors (Lipinski definition) is 1. The molecule has 0 radical (unpaired) electrons. The number of hydrogen-bond acceptors (Lipinski definition) is 4. The lowest BCUT2D eigenvalue weighted by atomic mass is 10.0. The summed E-state index contributed by atoms with van der Waals surface area (Å²) < 4.78 is 1.94. The fraction of sp³-hybridized carbons (Fsp3) is 0.583. The van der Waals surface area contributed by atoms with Gasteiger partial charge in [0, 0.05) is 18.4 Å². The van der Waals surface area contributed by atoms with Gasteiger partial charge in [-0.05, 0) is 19.8 Å². The fourth-order valence-corrected chi connectivity index (χ4v) is 1.75. The van der Waals surface area contributed by atoms with Gasteiger partial charge in [0.2, 0.25) is 5.65 Å². The largest absolute Gasteiger partial charge is 0.364 e. The van der Waals surface area contributed by atoms with E-state index >= 15 is 0 Å². The lowest BCUT2D eigenvalue weighted by molar-refractivity contribution is 0.493. The molecule has 2 atom stereocenters. The summed E-state index contributed by atoms with van der Waals surface area (Å²) in [7, 11) is 0. The van der Waals surface area contributed by atoms with Crippen LogP contribution < -0.4 is 5.32 Å². The molecule has 2 aromatic rings. The molecule has 17 heavy (non-hydrogen) atoms. The molecule has 0 saturated heterocycles. The summed E-state index contributed by atoms with van der Waals surface area (Å²) in [4.78, 5) is 4.34. The molecule has 0 spiro atoms. The summed E-state index contributed by atoms with van der Waals surface area (Å²) in [6.07, 6.45) is 4.79. The first-order valence-electron chi connectivity index (χ1n) is 6.06. The first-order chi connectivity index (χ1) is 8.13. The Morgan fingerprint density at radius 1 is 1.35 bits per heavy atom. The van der Waals surface area contributed by atoms with E-state index in [-0.39, 0.29) is 0 Å². The Morgan fingerprint density at radius 3 is 2.82 bits per heavy atom. The van der Waals surface area contributed by atoms with Crippen LogP contribution in [0.15, 0.2) is 12.4 Å². The number of rotatable bonds is 4. The SMILES string of the molecule is CCC(C)C(C)Nc1nccn2c(C)nnc12. The Labute approximate surface area is 101 Å². The highest BCUT2D eigenvalue weighted by molar-refractivity contribution is 5.62. The van der Waals surface area contributed by atoms with Crippen molar-refractivity contribution in [1.29, 1.82) is 0 Å². The maximum atomic E-state index is 4.34. The van der Waals surface area contributed by atoms with Crippen LogP contribution in [0.25, 0.3) is 5.65 Å². The molecule has 0 aliphatic heterocycles. The summed E-state index contributed by atoms with van der Waals surface area (Å²) in [5.74, 6) is 2.28. The van der Waals surface area contributed by atoms with Crippen molar-refractivity contribution < 1.29 is 0 Å². The van der Waals surface area contributed by atoms with Gasteiger partial charge in [0.25, 0.3) is 0 Å². The number of nitrogens with zero attached hydrogens (tertiary/aromatic N) is 4. The smallest absolute Gasteiger partial charge is 0.203 e. The van der Waals surface area contributed by atoms with Crippen molar-refractivity contribution in [3.05, 3.63) is 18.2 Å². The van der Waals surface area contributed by atoms with Crippen molar-refractivity contribution in [2.75, 3.05) is 5.32 Å². The van der Waals surface area contributed by atoms with Gasteiger partial charge in [0.05, 0.1) is 0 Å². The summed E-state index contributed by atoms with van der Waals surface area (Å²) in [6, 6.07) is 0.371. The molecule has 2 rings (SSSR count). The third kappa shape index (κ3) is 2.23. The quantitative estimate of drug-likeness (QED) is 0.880.